The molecule has 2 aliphatic rings. The molecule has 2 aromatic heterocycles. The van der Waals surface area contributed by atoms with Crippen molar-refractivity contribution in [3.8, 4) is 0 Å². The fraction of sp³-hybridized carbons (Fsp3) is 0.350. The topological polar surface area (TPSA) is 184 Å². The maximum absolute atomic E-state index is 12.9. The summed E-state index contributed by atoms with van der Waals surface area (Å²) in [5, 5.41) is 21.0. The average Bonchev–Trinajstić information content (AvgIpc) is 3.48. The minimum Gasteiger partial charge on any atom is -0.543 e. The van der Waals surface area contributed by atoms with Crippen molar-refractivity contribution in [3.63, 3.8) is 0 Å². The second-order valence-electron chi connectivity index (χ2n) is 7.64. The Morgan fingerprint density at radius 3 is 2.70 bits per heavy atom. The molecular weight excluding hydrogens is 574 g/mol. The van der Waals surface area contributed by atoms with Crippen LogP contribution < -0.4 is 45.7 Å². The molecular formula is C20H20N5NaO7S4. The molecule has 0 radical (unpaired) electrons. The molecule has 0 saturated carbocycles. The molecule has 192 valence electrons. The number of anilines is 1. The van der Waals surface area contributed by atoms with Gasteiger partial charge in [-0.2, -0.15) is 0 Å². The van der Waals surface area contributed by atoms with Crippen molar-refractivity contribution in [1.82, 2.24) is 15.2 Å². The molecule has 4 rings (SSSR count). The van der Waals surface area contributed by atoms with Crippen LogP contribution in [0.5, 0.6) is 0 Å². The maximum atomic E-state index is 12.9. The van der Waals surface area contributed by atoms with Gasteiger partial charge in [0.15, 0.2) is 20.7 Å². The predicted octanol–water partition coefficient (Wildman–Crippen LogP) is -3.45. The van der Waals surface area contributed by atoms with E-state index in [0.717, 1.165) is 28.0 Å². The second kappa shape index (κ2) is 12.3. The number of carbonyl (C=O) groups excluding carboxylic acids is 3. The van der Waals surface area contributed by atoms with Crippen molar-refractivity contribution in [3.05, 3.63) is 44.7 Å². The van der Waals surface area contributed by atoms with Crippen LogP contribution in [0.25, 0.3) is 0 Å². The van der Waals surface area contributed by atoms with E-state index in [0.29, 0.717) is 4.88 Å². The molecule has 1 saturated heterocycles. The third-order valence-corrected chi connectivity index (χ3v) is 9.74. The van der Waals surface area contributed by atoms with Crippen molar-refractivity contribution >= 4 is 72.9 Å². The smallest absolute Gasteiger partial charge is 0.543 e. The number of rotatable bonds is 10. The molecule has 2 aliphatic heterocycles. The van der Waals surface area contributed by atoms with Gasteiger partial charge < -0.3 is 25.8 Å². The van der Waals surface area contributed by atoms with Gasteiger partial charge in [0.25, 0.3) is 11.8 Å². The number of hydrogen-bond donors (Lipinski definition) is 2. The summed E-state index contributed by atoms with van der Waals surface area (Å²) >= 11 is 3.52. The number of carbonyl (C=O) groups is 3. The number of hydrogen-bond acceptors (Lipinski definition) is 13. The Balaban J connectivity index is 0.00000380. The molecule has 4 heterocycles. The van der Waals surface area contributed by atoms with Gasteiger partial charge in [0.05, 0.1) is 23.2 Å². The molecule has 2 atom stereocenters. The van der Waals surface area contributed by atoms with Gasteiger partial charge in [-0.15, -0.1) is 34.4 Å². The monoisotopic (exact) mass is 593 g/mol. The number of thiazole rings is 1. The molecule has 0 aliphatic carbocycles. The van der Waals surface area contributed by atoms with E-state index in [9.17, 15) is 27.9 Å². The number of carboxylic acid groups (broad SMARTS) is 1. The molecule has 0 spiro atoms. The Bertz CT molecular complexity index is 1360. The molecule has 3 N–H and O–H groups in total. The Morgan fingerprint density at radius 1 is 1.35 bits per heavy atom. The summed E-state index contributed by atoms with van der Waals surface area (Å²) in [7, 11) is -3.69. The number of nitrogens with two attached hydrogens (primary N) is 1. The van der Waals surface area contributed by atoms with Crippen LogP contribution in [0.15, 0.2) is 39.3 Å². The quantitative estimate of drug-likeness (QED) is 0.122. The summed E-state index contributed by atoms with van der Waals surface area (Å²) in [6.45, 7) is 1.86. The van der Waals surface area contributed by atoms with Gasteiger partial charge in [-0.3, -0.25) is 14.5 Å². The molecule has 2 aromatic rings. The maximum Gasteiger partial charge on any atom is 1.00 e. The van der Waals surface area contributed by atoms with E-state index in [1.54, 1.807) is 24.4 Å². The second-order valence-corrected chi connectivity index (χ2v) is 12.7. The molecule has 2 amide bonds. The first-order chi connectivity index (χ1) is 17.1. The first kappa shape index (κ1) is 29.6. The van der Waals surface area contributed by atoms with Crippen LogP contribution >= 0.6 is 34.4 Å². The van der Waals surface area contributed by atoms with Gasteiger partial charge in [0.1, 0.15) is 23.7 Å². The molecule has 0 aromatic carbocycles. The number of thiophene rings is 1. The first-order valence-corrected chi connectivity index (χ1v) is 15.1. The number of β-lactam (4-membered cyclic amide) rings is 1. The Hall–Kier alpha value is -1.95. The van der Waals surface area contributed by atoms with Gasteiger partial charge in [-0.05, 0) is 23.9 Å². The zero-order valence-electron chi connectivity index (χ0n) is 19.7. The number of nitrogens with one attached hydrogen (secondary N) is 1. The summed E-state index contributed by atoms with van der Waals surface area (Å²) in [6, 6.07) is 2.34. The number of fused-ring (bicyclic) bond motifs is 1. The SMILES string of the molecule is CCO/N=C(\C(=O)NC1C(=O)N2C(C(=O)[O-])=C(CS(=O)(=O)Cc3cccs3)CS[C@H]12)c1csc(N)n1.[Na+]. The zero-order chi connectivity index (χ0) is 26.0. The van der Waals surface area contributed by atoms with Crippen LogP contribution in [0.4, 0.5) is 5.13 Å². The van der Waals surface area contributed by atoms with E-state index in [-0.39, 0.29) is 69.8 Å². The summed E-state index contributed by atoms with van der Waals surface area (Å²) in [4.78, 5) is 48.4. The molecule has 1 fully saturated rings. The number of sulfone groups is 1. The van der Waals surface area contributed by atoms with Crippen molar-refractivity contribution in [2.75, 3.05) is 23.8 Å². The number of carboxylic acids is 1. The van der Waals surface area contributed by atoms with Crippen LogP contribution in [0.1, 0.15) is 17.5 Å². The van der Waals surface area contributed by atoms with Gasteiger partial charge in [0, 0.05) is 16.0 Å². The number of thioether (sulfide) groups is 1. The van der Waals surface area contributed by atoms with Gasteiger partial charge >= 0.3 is 29.6 Å². The van der Waals surface area contributed by atoms with Crippen LogP contribution in [0.2, 0.25) is 0 Å². The van der Waals surface area contributed by atoms with Crippen molar-refractivity contribution < 1.29 is 62.3 Å². The fourth-order valence-corrected chi connectivity index (χ4v) is 8.37. The van der Waals surface area contributed by atoms with E-state index in [4.69, 9.17) is 10.6 Å². The predicted molar refractivity (Wildman–Crippen MR) is 134 cm³/mol. The minimum atomic E-state index is -3.69. The first-order valence-electron chi connectivity index (χ1n) is 10.4. The zero-order valence-corrected chi connectivity index (χ0v) is 25.0. The van der Waals surface area contributed by atoms with E-state index in [1.165, 1.54) is 16.7 Å². The summed E-state index contributed by atoms with van der Waals surface area (Å²) in [6.07, 6.45) is 0. The molecule has 0 bridgehead atoms. The van der Waals surface area contributed by atoms with Gasteiger partial charge in [-0.25, -0.2) is 13.4 Å². The minimum absolute atomic E-state index is 0. The molecule has 37 heavy (non-hydrogen) atoms. The van der Waals surface area contributed by atoms with Crippen molar-refractivity contribution in [1.29, 1.82) is 0 Å². The molecule has 12 nitrogen and oxygen atoms in total. The van der Waals surface area contributed by atoms with Crippen LogP contribution in [0.3, 0.4) is 0 Å². The van der Waals surface area contributed by atoms with E-state index in [1.807, 2.05) is 0 Å². The van der Waals surface area contributed by atoms with Crippen LogP contribution in [-0.2, 0) is 34.8 Å². The molecule has 1 unspecified atom stereocenters. The van der Waals surface area contributed by atoms with E-state index in [2.05, 4.69) is 15.5 Å². The number of amides is 2. The number of nitrogen functional groups attached to an aromatic ring is 1. The van der Waals surface area contributed by atoms with Crippen molar-refractivity contribution in [2.24, 2.45) is 5.16 Å². The van der Waals surface area contributed by atoms with Crippen molar-refractivity contribution in [2.45, 2.75) is 24.1 Å². The third kappa shape index (κ3) is 6.55. The Labute approximate surface area is 246 Å². The standard InChI is InChI=1S/C20H21N5O7S4.Na/c1-2-32-24-13(12-7-35-20(21)22-12)16(26)23-14-17(27)25-15(19(28)29)10(6-34-18(14)25)8-36(30,31)9-11-4-3-5-33-11;/h3-5,7,14,18H,2,6,8-9H2,1H3,(H2,21,22)(H,23,26)(H,28,29);/q;+1/p-1/b24-13-;/t14?,18-;/m1./s1. The normalized spacial score (nSPS) is 19.5. The Kier molecular flexibility index (Phi) is 9.82. The number of aromatic nitrogens is 1. The number of oxime groups is 1. The Morgan fingerprint density at radius 2 is 2.11 bits per heavy atom. The van der Waals surface area contributed by atoms with Gasteiger partial charge in [0.2, 0.25) is 0 Å². The van der Waals surface area contributed by atoms with Gasteiger partial charge in [-0.1, -0.05) is 11.2 Å². The largest absolute Gasteiger partial charge is 1.00 e. The fourth-order valence-electron chi connectivity index (χ4n) is 3.65. The van der Waals surface area contributed by atoms with Crippen LogP contribution in [0, 0.1) is 0 Å². The van der Waals surface area contributed by atoms with Crippen LogP contribution in [-0.4, -0.2) is 71.3 Å². The number of nitrogens with zero attached hydrogens (tertiary/aromatic N) is 3. The summed E-state index contributed by atoms with van der Waals surface area (Å²) < 4.78 is 25.4. The van der Waals surface area contributed by atoms with E-state index < -0.39 is 50.5 Å². The third-order valence-electron chi connectivity index (χ3n) is 5.13. The van der Waals surface area contributed by atoms with E-state index >= 15 is 0 Å². The average molecular weight is 594 g/mol. The number of aliphatic carboxylic acids is 1. The summed E-state index contributed by atoms with van der Waals surface area (Å²) in [5.74, 6) is -3.84. The summed E-state index contributed by atoms with van der Waals surface area (Å²) in [5.41, 5.74) is 5.21. The molecule has 17 heteroatoms.